The smallest absolute Gasteiger partial charge is 0.349 e. The highest BCUT2D eigenvalue weighted by atomic mass is 32.2. The minimum atomic E-state index is -3.81. The topological polar surface area (TPSA) is 60.4 Å². The second-order valence-corrected chi connectivity index (χ2v) is 5.39. The van der Waals surface area contributed by atoms with E-state index in [-0.39, 0.29) is 5.57 Å². The van der Waals surface area contributed by atoms with Gasteiger partial charge in [0.1, 0.15) is 5.82 Å². The van der Waals surface area contributed by atoms with E-state index in [1.165, 1.54) is 24.3 Å². The summed E-state index contributed by atoms with van der Waals surface area (Å²) in [6, 6.07) is 5.46. The first-order valence-electron chi connectivity index (χ1n) is 4.97. The number of rotatable bonds is 2. The molecular weight excluding hydrogens is 259 g/mol. The van der Waals surface area contributed by atoms with E-state index in [2.05, 4.69) is 4.74 Å². The maximum absolute atomic E-state index is 13.0. The lowest BCUT2D eigenvalue weighted by atomic mass is 10.1. The summed E-state index contributed by atoms with van der Waals surface area (Å²) < 4.78 is 40.8. The first-order valence-corrected chi connectivity index (χ1v) is 6.51. The molecule has 0 N–H and O–H groups in total. The van der Waals surface area contributed by atoms with Crippen LogP contribution in [0.25, 0.3) is 5.57 Å². The molecule has 0 saturated heterocycles. The average molecular weight is 268 g/mol. The van der Waals surface area contributed by atoms with Crippen LogP contribution in [-0.2, 0) is 19.4 Å². The van der Waals surface area contributed by atoms with E-state index in [0.29, 0.717) is 5.56 Å². The fourth-order valence-corrected chi connectivity index (χ4v) is 2.86. The van der Waals surface area contributed by atoms with Gasteiger partial charge >= 0.3 is 5.97 Å². The minimum absolute atomic E-state index is 0.259. The van der Waals surface area contributed by atoms with Gasteiger partial charge in [0.2, 0.25) is 9.84 Å². The molecule has 1 aromatic rings. The van der Waals surface area contributed by atoms with Gasteiger partial charge in [0.15, 0.2) is 4.91 Å². The Balaban J connectivity index is 2.50. The maximum atomic E-state index is 13.0. The summed E-state index contributed by atoms with van der Waals surface area (Å²) in [7, 11) is -2.71. The first kappa shape index (κ1) is 12.5. The van der Waals surface area contributed by atoms with Gasteiger partial charge in [-0.15, -0.1) is 0 Å². The van der Waals surface area contributed by atoms with Gasteiger partial charge in [0.05, 0.1) is 7.11 Å². The predicted molar refractivity (Wildman–Crippen MR) is 63.4 cm³/mol. The van der Waals surface area contributed by atoms with Crippen LogP contribution in [0, 0.1) is 5.82 Å². The van der Waals surface area contributed by atoms with Crippen LogP contribution in [0.5, 0.6) is 0 Å². The standard InChI is InChI=1S/C12H9FO4S/c1-17-12(14)11-6-9(7-18(11,15)16)8-3-2-4-10(13)5-8/h2-7H,1H3. The molecule has 0 saturated carbocycles. The zero-order valence-corrected chi connectivity index (χ0v) is 10.2. The van der Waals surface area contributed by atoms with E-state index in [9.17, 15) is 17.6 Å². The Hall–Kier alpha value is -1.95. The fourth-order valence-electron chi connectivity index (χ4n) is 1.58. The second kappa shape index (κ2) is 4.38. The van der Waals surface area contributed by atoms with Gasteiger partial charge in [0.25, 0.3) is 0 Å². The highest BCUT2D eigenvalue weighted by molar-refractivity contribution is 7.99. The average Bonchev–Trinajstić information content (AvgIpc) is 2.64. The first-order chi connectivity index (χ1) is 8.44. The number of allylic oxidation sites excluding steroid dienone is 2. The summed E-state index contributed by atoms with van der Waals surface area (Å²) in [5, 5.41) is 0.925. The molecule has 0 aromatic heterocycles. The molecule has 1 aromatic carbocycles. The van der Waals surface area contributed by atoms with Gasteiger partial charge in [-0.05, 0) is 29.3 Å². The summed E-state index contributed by atoms with van der Waals surface area (Å²) in [6.07, 6.45) is 1.18. The van der Waals surface area contributed by atoms with Gasteiger partial charge in [-0.1, -0.05) is 12.1 Å². The predicted octanol–water partition coefficient (Wildman–Crippen LogP) is 1.65. The Kier molecular flexibility index (Phi) is 3.04. The largest absolute Gasteiger partial charge is 0.465 e. The van der Waals surface area contributed by atoms with Crippen molar-refractivity contribution in [2.45, 2.75) is 0 Å². The molecule has 1 aliphatic rings. The molecule has 0 aliphatic carbocycles. The van der Waals surface area contributed by atoms with E-state index >= 15 is 0 Å². The van der Waals surface area contributed by atoms with Crippen molar-refractivity contribution in [1.29, 1.82) is 0 Å². The van der Waals surface area contributed by atoms with Crippen molar-refractivity contribution in [3.05, 3.63) is 52.0 Å². The lowest BCUT2D eigenvalue weighted by molar-refractivity contribution is -0.135. The summed E-state index contributed by atoms with van der Waals surface area (Å²) in [5.74, 6) is -1.41. The SMILES string of the molecule is COC(=O)C1=CC(c2cccc(F)c2)=CS1(=O)=O. The van der Waals surface area contributed by atoms with Crippen molar-refractivity contribution in [1.82, 2.24) is 0 Å². The van der Waals surface area contributed by atoms with E-state index in [1.54, 1.807) is 6.07 Å². The van der Waals surface area contributed by atoms with Gasteiger partial charge in [-0.3, -0.25) is 0 Å². The van der Waals surface area contributed by atoms with Crippen LogP contribution >= 0.6 is 0 Å². The minimum Gasteiger partial charge on any atom is -0.465 e. The van der Waals surface area contributed by atoms with E-state index in [1.807, 2.05) is 0 Å². The second-order valence-electron chi connectivity index (χ2n) is 3.63. The molecule has 2 rings (SSSR count). The summed E-state index contributed by atoms with van der Waals surface area (Å²) in [4.78, 5) is 10.9. The lowest BCUT2D eigenvalue weighted by Crippen LogP contribution is -2.10. The Morgan fingerprint density at radius 1 is 1.33 bits per heavy atom. The van der Waals surface area contributed by atoms with Crippen LogP contribution < -0.4 is 0 Å². The van der Waals surface area contributed by atoms with E-state index < -0.39 is 26.5 Å². The number of hydrogen-bond acceptors (Lipinski definition) is 4. The van der Waals surface area contributed by atoms with Crippen molar-refractivity contribution in [2.75, 3.05) is 7.11 Å². The molecule has 0 atom stereocenters. The lowest BCUT2D eigenvalue weighted by Gasteiger charge is -1.98. The number of carbonyl (C=O) groups excluding carboxylic acids is 1. The number of halogens is 1. The van der Waals surface area contributed by atoms with Crippen molar-refractivity contribution < 1.29 is 22.3 Å². The number of hydrogen-bond donors (Lipinski definition) is 0. The quantitative estimate of drug-likeness (QED) is 0.765. The van der Waals surface area contributed by atoms with Gasteiger partial charge < -0.3 is 4.74 Å². The Morgan fingerprint density at radius 3 is 2.67 bits per heavy atom. The number of esters is 1. The molecule has 4 nitrogen and oxygen atoms in total. The normalized spacial score (nSPS) is 17.0. The summed E-state index contributed by atoms with van der Waals surface area (Å²) >= 11 is 0. The van der Waals surface area contributed by atoms with Crippen molar-refractivity contribution in [3.63, 3.8) is 0 Å². The van der Waals surface area contributed by atoms with Crippen molar-refractivity contribution in [2.24, 2.45) is 0 Å². The molecule has 0 fully saturated rings. The Bertz CT molecular complexity index is 671. The third-order valence-corrected chi connectivity index (χ3v) is 3.88. The van der Waals surface area contributed by atoms with Crippen LogP contribution in [0.2, 0.25) is 0 Å². The Morgan fingerprint density at radius 2 is 2.06 bits per heavy atom. The molecule has 0 spiro atoms. The Labute approximate surface area is 103 Å². The summed E-state index contributed by atoms with van der Waals surface area (Å²) in [6.45, 7) is 0. The monoisotopic (exact) mass is 268 g/mol. The molecule has 1 heterocycles. The molecular formula is C12H9FO4S. The molecule has 0 unspecified atom stereocenters. The van der Waals surface area contributed by atoms with E-state index in [4.69, 9.17) is 0 Å². The highest BCUT2D eigenvalue weighted by Crippen LogP contribution is 2.29. The van der Waals surface area contributed by atoms with Crippen molar-refractivity contribution in [3.8, 4) is 0 Å². The molecule has 94 valence electrons. The number of methoxy groups -OCH3 is 1. The molecule has 1 aliphatic heterocycles. The van der Waals surface area contributed by atoms with Gasteiger partial charge in [0, 0.05) is 5.41 Å². The van der Waals surface area contributed by atoms with Crippen LogP contribution in [0.4, 0.5) is 4.39 Å². The van der Waals surface area contributed by atoms with Gasteiger partial charge in [-0.25, -0.2) is 17.6 Å². The number of carbonyl (C=O) groups is 1. The molecule has 0 bridgehead atoms. The zero-order valence-electron chi connectivity index (χ0n) is 9.38. The third kappa shape index (κ3) is 2.19. The summed E-state index contributed by atoms with van der Waals surface area (Å²) in [5.41, 5.74) is 0.646. The molecule has 6 heteroatoms. The molecule has 0 radical (unpaired) electrons. The van der Waals surface area contributed by atoms with Crippen molar-refractivity contribution >= 4 is 21.4 Å². The number of benzene rings is 1. The zero-order chi connectivity index (χ0) is 13.3. The highest BCUT2D eigenvalue weighted by Gasteiger charge is 2.30. The van der Waals surface area contributed by atoms with Crippen LogP contribution in [0.1, 0.15) is 5.56 Å². The fraction of sp³-hybridized carbons (Fsp3) is 0.0833. The third-order valence-electron chi connectivity index (χ3n) is 2.42. The van der Waals surface area contributed by atoms with Gasteiger partial charge in [-0.2, -0.15) is 0 Å². The molecule has 18 heavy (non-hydrogen) atoms. The number of ether oxygens (including phenoxy) is 1. The maximum Gasteiger partial charge on any atom is 0.349 e. The van der Waals surface area contributed by atoms with Crippen LogP contribution in [-0.4, -0.2) is 21.5 Å². The molecule has 0 amide bonds. The van der Waals surface area contributed by atoms with E-state index in [0.717, 1.165) is 12.5 Å². The number of sulfone groups is 1. The van der Waals surface area contributed by atoms with Crippen LogP contribution in [0.3, 0.4) is 0 Å². The van der Waals surface area contributed by atoms with Crippen LogP contribution in [0.15, 0.2) is 40.7 Å².